The van der Waals surface area contributed by atoms with E-state index in [1.165, 1.54) is 25.7 Å². The summed E-state index contributed by atoms with van der Waals surface area (Å²) in [5.41, 5.74) is 1.32. The van der Waals surface area contributed by atoms with Gasteiger partial charge in [0.1, 0.15) is 0 Å². The van der Waals surface area contributed by atoms with Gasteiger partial charge in [0.2, 0.25) is 0 Å². The average molecular weight is 314 g/mol. The third-order valence-corrected chi connectivity index (χ3v) is 4.23. The van der Waals surface area contributed by atoms with Gasteiger partial charge < -0.3 is 5.32 Å². The van der Waals surface area contributed by atoms with Crippen molar-refractivity contribution in [2.75, 3.05) is 5.33 Å². The second-order valence-corrected chi connectivity index (χ2v) is 6.69. The van der Waals surface area contributed by atoms with Crippen LogP contribution in [0.5, 0.6) is 0 Å². The van der Waals surface area contributed by atoms with Crippen molar-refractivity contribution in [2.45, 2.75) is 64.1 Å². The fraction of sp³-hybridized carbons (Fsp3) is 0.786. The topological polar surface area (TPSA) is 29.9 Å². The molecule has 1 aromatic rings. The number of hydrogen-bond acceptors (Lipinski definition) is 2. The smallest absolute Gasteiger partial charge is 0.0762 e. The molecule has 1 fully saturated rings. The molecule has 0 amide bonds. The Kier molecular flexibility index (Phi) is 4.84. The highest BCUT2D eigenvalue weighted by Gasteiger charge is 2.19. The zero-order valence-corrected chi connectivity index (χ0v) is 13.0. The largest absolute Gasteiger partial charge is 0.306 e. The van der Waals surface area contributed by atoms with Gasteiger partial charge in [0, 0.05) is 23.6 Å². The molecule has 0 radical (unpaired) electrons. The third-order valence-electron chi connectivity index (χ3n) is 3.83. The Morgan fingerprint density at radius 2 is 2.17 bits per heavy atom. The van der Waals surface area contributed by atoms with Crippen LogP contribution in [0.15, 0.2) is 12.3 Å². The summed E-state index contributed by atoms with van der Waals surface area (Å²) >= 11 is 3.50. The van der Waals surface area contributed by atoms with Crippen molar-refractivity contribution in [3.8, 4) is 0 Å². The SMILES string of the molecule is CC(C)(CCBr)NCc1ccn(C2CCCC2)n1. The van der Waals surface area contributed by atoms with E-state index < -0.39 is 0 Å². The van der Waals surface area contributed by atoms with Gasteiger partial charge in [-0.05, 0) is 39.2 Å². The van der Waals surface area contributed by atoms with Crippen LogP contribution in [0.4, 0.5) is 0 Å². The Morgan fingerprint density at radius 3 is 2.83 bits per heavy atom. The van der Waals surface area contributed by atoms with Crippen LogP contribution in [0.3, 0.4) is 0 Å². The Morgan fingerprint density at radius 1 is 1.44 bits per heavy atom. The first kappa shape index (κ1) is 14.1. The van der Waals surface area contributed by atoms with Gasteiger partial charge in [0.05, 0.1) is 11.7 Å². The summed E-state index contributed by atoms with van der Waals surface area (Å²) < 4.78 is 2.17. The number of alkyl halides is 1. The average Bonchev–Trinajstić information content (AvgIpc) is 2.97. The lowest BCUT2D eigenvalue weighted by Crippen LogP contribution is -2.39. The van der Waals surface area contributed by atoms with Crippen LogP contribution >= 0.6 is 15.9 Å². The van der Waals surface area contributed by atoms with Gasteiger partial charge in [-0.2, -0.15) is 5.10 Å². The number of hydrogen-bond donors (Lipinski definition) is 1. The van der Waals surface area contributed by atoms with Crippen LogP contribution in [0.2, 0.25) is 0 Å². The molecular weight excluding hydrogens is 290 g/mol. The van der Waals surface area contributed by atoms with Crippen LogP contribution in [0.1, 0.15) is 57.7 Å². The molecule has 1 aliphatic rings. The van der Waals surface area contributed by atoms with Crippen LogP contribution in [0, 0.1) is 0 Å². The summed E-state index contributed by atoms with van der Waals surface area (Å²) in [7, 11) is 0. The van der Waals surface area contributed by atoms with Gasteiger partial charge in [-0.1, -0.05) is 28.8 Å². The number of halogens is 1. The van der Waals surface area contributed by atoms with Gasteiger partial charge in [0.25, 0.3) is 0 Å². The molecule has 2 rings (SSSR count). The molecule has 102 valence electrons. The quantitative estimate of drug-likeness (QED) is 0.812. The van der Waals surface area contributed by atoms with E-state index in [9.17, 15) is 0 Å². The van der Waals surface area contributed by atoms with Crippen molar-refractivity contribution in [3.63, 3.8) is 0 Å². The molecule has 0 atom stereocenters. The van der Waals surface area contributed by atoms with Crippen molar-refractivity contribution < 1.29 is 0 Å². The molecule has 0 unspecified atom stereocenters. The first-order valence-corrected chi connectivity index (χ1v) is 8.08. The van der Waals surface area contributed by atoms with E-state index in [1.54, 1.807) is 0 Å². The Balaban J connectivity index is 1.86. The maximum Gasteiger partial charge on any atom is 0.0762 e. The molecule has 0 spiro atoms. The molecule has 1 heterocycles. The second kappa shape index (κ2) is 6.20. The molecule has 18 heavy (non-hydrogen) atoms. The van der Waals surface area contributed by atoms with Gasteiger partial charge in [-0.3, -0.25) is 4.68 Å². The summed E-state index contributed by atoms with van der Waals surface area (Å²) in [5, 5.41) is 9.30. The van der Waals surface area contributed by atoms with Crippen LogP contribution in [-0.2, 0) is 6.54 Å². The van der Waals surface area contributed by atoms with Gasteiger partial charge in [-0.15, -0.1) is 0 Å². The first-order valence-electron chi connectivity index (χ1n) is 6.96. The molecule has 1 saturated carbocycles. The highest BCUT2D eigenvalue weighted by Crippen LogP contribution is 2.28. The molecule has 1 N–H and O–H groups in total. The Hall–Kier alpha value is -0.350. The van der Waals surface area contributed by atoms with E-state index in [1.807, 2.05) is 0 Å². The number of rotatable bonds is 6. The van der Waals surface area contributed by atoms with Crippen molar-refractivity contribution in [2.24, 2.45) is 0 Å². The normalized spacial score (nSPS) is 17.5. The molecular formula is C14H24BrN3. The van der Waals surface area contributed by atoms with E-state index in [-0.39, 0.29) is 5.54 Å². The minimum atomic E-state index is 0.167. The maximum absolute atomic E-state index is 4.70. The fourth-order valence-electron chi connectivity index (χ4n) is 2.50. The van der Waals surface area contributed by atoms with E-state index in [2.05, 4.69) is 52.0 Å². The number of nitrogens with one attached hydrogen (secondary N) is 1. The lowest BCUT2D eigenvalue weighted by atomic mass is 10.0. The maximum atomic E-state index is 4.70. The van der Waals surface area contributed by atoms with Crippen molar-refractivity contribution in [1.29, 1.82) is 0 Å². The van der Waals surface area contributed by atoms with Crippen molar-refractivity contribution in [1.82, 2.24) is 15.1 Å². The first-order chi connectivity index (χ1) is 8.61. The van der Waals surface area contributed by atoms with Gasteiger partial charge >= 0.3 is 0 Å². The molecule has 4 heteroatoms. The predicted molar refractivity (Wildman–Crippen MR) is 79.1 cm³/mol. The zero-order chi connectivity index (χ0) is 13.0. The van der Waals surface area contributed by atoms with E-state index in [0.29, 0.717) is 6.04 Å². The van der Waals surface area contributed by atoms with Gasteiger partial charge in [-0.25, -0.2) is 0 Å². The predicted octanol–water partition coefficient (Wildman–Crippen LogP) is 3.65. The van der Waals surface area contributed by atoms with Gasteiger partial charge in [0.15, 0.2) is 0 Å². The van der Waals surface area contributed by atoms with Crippen molar-refractivity contribution >= 4 is 15.9 Å². The summed E-state index contributed by atoms with van der Waals surface area (Å²) in [6, 6.07) is 2.80. The molecule has 0 aliphatic heterocycles. The Bertz CT molecular complexity index is 367. The molecule has 0 aromatic carbocycles. The fourth-order valence-corrected chi connectivity index (χ4v) is 3.49. The minimum Gasteiger partial charge on any atom is -0.306 e. The highest BCUT2D eigenvalue weighted by molar-refractivity contribution is 9.09. The summed E-state index contributed by atoms with van der Waals surface area (Å²) in [6.45, 7) is 5.34. The van der Waals surface area contributed by atoms with E-state index in [0.717, 1.165) is 24.0 Å². The van der Waals surface area contributed by atoms with E-state index >= 15 is 0 Å². The zero-order valence-electron chi connectivity index (χ0n) is 11.5. The Labute approximate surface area is 118 Å². The molecule has 0 bridgehead atoms. The summed E-state index contributed by atoms with van der Waals surface area (Å²) in [4.78, 5) is 0. The second-order valence-electron chi connectivity index (χ2n) is 5.90. The molecule has 0 saturated heterocycles. The monoisotopic (exact) mass is 313 g/mol. The minimum absolute atomic E-state index is 0.167. The van der Waals surface area contributed by atoms with Crippen LogP contribution in [0.25, 0.3) is 0 Å². The van der Waals surface area contributed by atoms with E-state index in [4.69, 9.17) is 5.10 Å². The van der Waals surface area contributed by atoms with Crippen LogP contribution < -0.4 is 5.32 Å². The standard InChI is InChI=1S/C14H24BrN3/c1-14(2,8-9-15)16-11-12-7-10-18(17-12)13-5-3-4-6-13/h7,10,13,16H,3-6,8-9,11H2,1-2H3. The van der Waals surface area contributed by atoms with Crippen LogP contribution in [-0.4, -0.2) is 20.6 Å². The summed E-state index contributed by atoms with van der Waals surface area (Å²) in [6.07, 6.45) is 8.57. The third kappa shape index (κ3) is 3.82. The molecule has 1 aliphatic carbocycles. The lowest BCUT2D eigenvalue weighted by molar-refractivity contribution is 0.372. The van der Waals surface area contributed by atoms with Crippen molar-refractivity contribution in [3.05, 3.63) is 18.0 Å². The number of nitrogens with zero attached hydrogens (tertiary/aromatic N) is 2. The number of aromatic nitrogens is 2. The summed E-state index contributed by atoms with van der Waals surface area (Å²) in [5.74, 6) is 0. The molecule has 1 aromatic heterocycles. The highest BCUT2D eigenvalue weighted by atomic mass is 79.9. The molecule has 3 nitrogen and oxygen atoms in total. The lowest BCUT2D eigenvalue weighted by Gasteiger charge is -2.25.